The Hall–Kier alpha value is -3.61. The van der Waals surface area contributed by atoms with E-state index in [1.165, 1.54) is 11.1 Å². The Bertz CT molecular complexity index is 1050. The van der Waals surface area contributed by atoms with Crippen molar-refractivity contribution in [3.63, 3.8) is 0 Å². The lowest BCUT2D eigenvalue weighted by molar-refractivity contribution is -0.142. The van der Waals surface area contributed by atoms with Crippen molar-refractivity contribution in [3.8, 4) is 11.1 Å². The van der Waals surface area contributed by atoms with E-state index in [1.54, 1.807) is 13.0 Å². The molecule has 1 saturated carbocycles. The highest BCUT2D eigenvalue weighted by Crippen LogP contribution is 2.44. The van der Waals surface area contributed by atoms with Crippen molar-refractivity contribution >= 4 is 18.0 Å². The molecule has 172 valence electrons. The summed E-state index contributed by atoms with van der Waals surface area (Å²) in [6.07, 6.45) is 3.07. The fourth-order valence-electron chi connectivity index (χ4n) is 4.74. The molecule has 7 heteroatoms. The van der Waals surface area contributed by atoms with Crippen LogP contribution in [0.25, 0.3) is 11.1 Å². The van der Waals surface area contributed by atoms with E-state index in [1.807, 2.05) is 24.3 Å². The van der Waals surface area contributed by atoms with Crippen molar-refractivity contribution in [2.45, 2.75) is 38.1 Å². The fraction of sp³-hybridized carbons (Fsp3) is 0.346. The number of hydrogen-bond donors (Lipinski definition) is 3. The molecule has 2 atom stereocenters. The van der Waals surface area contributed by atoms with Crippen molar-refractivity contribution in [1.82, 2.24) is 10.6 Å². The molecule has 3 N–H and O–H groups in total. The molecule has 4 rings (SSSR count). The van der Waals surface area contributed by atoms with Crippen LogP contribution in [0.5, 0.6) is 0 Å². The van der Waals surface area contributed by atoms with Gasteiger partial charge in [-0.15, -0.1) is 0 Å². The minimum absolute atomic E-state index is 0.0141. The van der Waals surface area contributed by atoms with Crippen LogP contribution in [0.2, 0.25) is 0 Å². The van der Waals surface area contributed by atoms with Crippen LogP contribution >= 0.6 is 0 Å². The average molecular weight is 449 g/mol. The van der Waals surface area contributed by atoms with Gasteiger partial charge >= 0.3 is 12.1 Å². The summed E-state index contributed by atoms with van der Waals surface area (Å²) in [5.74, 6) is -1.75. The van der Waals surface area contributed by atoms with Crippen LogP contribution in [0, 0.1) is 5.92 Å². The standard InChI is InChI=1S/C26H28N2O5/c1-16(24(29)28-23-12-6-11-21(23)25(30)31)13-14-27-26(32)33-15-22-19-9-4-2-7-17(19)18-8-3-5-10-20(18)22/h2-5,7-10,13,21-23H,6,11-12,14-15H2,1H3,(H,27,32)(H,28,29)(H,30,31)/b16-13+. The molecule has 2 aliphatic carbocycles. The van der Waals surface area contributed by atoms with E-state index in [0.717, 1.165) is 17.5 Å². The number of carboxylic acid groups (broad SMARTS) is 1. The minimum Gasteiger partial charge on any atom is -0.481 e. The van der Waals surface area contributed by atoms with E-state index in [9.17, 15) is 19.5 Å². The molecule has 0 saturated heterocycles. The highest BCUT2D eigenvalue weighted by atomic mass is 16.5. The van der Waals surface area contributed by atoms with Gasteiger partial charge < -0.3 is 20.5 Å². The van der Waals surface area contributed by atoms with Gasteiger partial charge in [0.15, 0.2) is 0 Å². The summed E-state index contributed by atoms with van der Waals surface area (Å²) in [6.45, 7) is 2.00. The lowest BCUT2D eigenvalue weighted by atomic mass is 9.98. The van der Waals surface area contributed by atoms with E-state index in [0.29, 0.717) is 18.4 Å². The Balaban J connectivity index is 1.27. The fourth-order valence-corrected chi connectivity index (χ4v) is 4.74. The number of nitrogens with one attached hydrogen (secondary N) is 2. The van der Waals surface area contributed by atoms with E-state index in [-0.39, 0.29) is 31.0 Å². The number of benzene rings is 2. The van der Waals surface area contributed by atoms with Crippen LogP contribution in [0.4, 0.5) is 4.79 Å². The predicted molar refractivity (Wildman–Crippen MR) is 124 cm³/mol. The largest absolute Gasteiger partial charge is 0.481 e. The van der Waals surface area contributed by atoms with Gasteiger partial charge in [-0.05, 0) is 42.0 Å². The molecule has 0 heterocycles. The summed E-state index contributed by atoms with van der Waals surface area (Å²) < 4.78 is 5.48. The van der Waals surface area contributed by atoms with Gasteiger partial charge in [0, 0.05) is 24.1 Å². The first-order valence-electron chi connectivity index (χ1n) is 11.2. The molecular formula is C26H28N2O5. The predicted octanol–water partition coefficient (Wildman–Crippen LogP) is 3.84. The molecule has 0 spiro atoms. The Morgan fingerprint density at radius 1 is 1.03 bits per heavy atom. The van der Waals surface area contributed by atoms with Gasteiger partial charge in [-0.3, -0.25) is 9.59 Å². The highest BCUT2D eigenvalue weighted by molar-refractivity contribution is 5.93. The normalized spacial score (nSPS) is 19.5. The summed E-state index contributed by atoms with van der Waals surface area (Å²) in [6, 6.07) is 15.9. The Morgan fingerprint density at radius 2 is 1.67 bits per heavy atom. The maximum Gasteiger partial charge on any atom is 0.407 e. The molecule has 0 aromatic heterocycles. The van der Waals surface area contributed by atoms with Crippen molar-refractivity contribution in [2.75, 3.05) is 13.2 Å². The van der Waals surface area contributed by atoms with Gasteiger partial charge in [0.2, 0.25) is 5.91 Å². The quantitative estimate of drug-likeness (QED) is 0.558. The Morgan fingerprint density at radius 3 is 2.30 bits per heavy atom. The van der Waals surface area contributed by atoms with Crippen molar-refractivity contribution in [1.29, 1.82) is 0 Å². The number of fused-ring (bicyclic) bond motifs is 3. The number of amides is 2. The van der Waals surface area contributed by atoms with Crippen molar-refractivity contribution in [2.24, 2.45) is 5.92 Å². The Kier molecular flexibility index (Phi) is 6.77. The topological polar surface area (TPSA) is 105 Å². The third kappa shape index (κ3) is 4.92. The number of alkyl carbamates (subject to hydrolysis) is 1. The first kappa shape index (κ1) is 22.6. The first-order chi connectivity index (χ1) is 16.0. The second-order valence-corrected chi connectivity index (χ2v) is 8.55. The summed E-state index contributed by atoms with van der Waals surface area (Å²) in [5, 5.41) is 14.7. The van der Waals surface area contributed by atoms with E-state index >= 15 is 0 Å². The van der Waals surface area contributed by atoms with Crippen molar-refractivity contribution < 1.29 is 24.2 Å². The van der Waals surface area contributed by atoms with Crippen LogP contribution in [0.15, 0.2) is 60.2 Å². The number of carbonyl (C=O) groups is 3. The molecule has 7 nitrogen and oxygen atoms in total. The molecule has 2 aliphatic rings. The zero-order valence-corrected chi connectivity index (χ0v) is 18.5. The number of rotatable bonds is 7. The van der Waals surface area contributed by atoms with Crippen LogP contribution in [0.1, 0.15) is 43.2 Å². The van der Waals surface area contributed by atoms with Crippen LogP contribution in [0.3, 0.4) is 0 Å². The molecule has 2 aromatic carbocycles. The maximum atomic E-state index is 12.4. The zero-order valence-electron chi connectivity index (χ0n) is 18.5. The minimum atomic E-state index is -0.878. The molecule has 0 bridgehead atoms. The molecule has 33 heavy (non-hydrogen) atoms. The molecule has 2 aromatic rings. The number of carbonyl (C=O) groups excluding carboxylic acids is 2. The summed E-state index contributed by atoms with van der Waals surface area (Å²) in [7, 11) is 0. The molecule has 2 amide bonds. The summed E-state index contributed by atoms with van der Waals surface area (Å²) in [4.78, 5) is 35.9. The third-order valence-electron chi connectivity index (χ3n) is 6.51. The van der Waals surface area contributed by atoms with Gasteiger partial charge in [0.1, 0.15) is 6.61 Å². The van der Waals surface area contributed by atoms with Gasteiger partial charge in [-0.1, -0.05) is 61.0 Å². The van der Waals surface area contributed by atoms with Gasteiger partial charge in [0.05, 0.1) is 5.92 Å². The summed E-state index contributed by atoms with van der Waals surface area (Å²) in [5.41, 5.74) is 5.04. The SMILES string of the molecule is C/C(=C\CNC(=O)OCC1c2ccccc2-c2ccccc21)C(=O)NC1CCCC1C(=O)O. The number of hydrogen-bond acceptors (Lipinski definition) is 4. The smallest absolute Gasteiger partial charge is 0.407 e. The third-order valence-corrected chi connectivity index (χ3v) is 6.51. The van der Waals surface area contributed by atoms with Crippen LogP contribution in [-0.2, 0) is 14.3 Å². The number of aliphatic carboxylic acids is 1. The molecular weight excluding hydrogens is 420 g/mol. The maximum absolute atomic E-state index is 12.4. The second kappa shape index (κ2) is 9.90. The molecule has 0 radical (unpaired) electrons. The summed E-state index contributed by atoms with van der Waals surface area (Å²) >= 11 is 0. The number of carboxylic acids is 1. The first-order valence-corrected chi connectivity index (χ1v) is 11.2. The van der Waals surface area contributed by atoms with E-state index < -0.39 is 18.0 Å². The monoisotopic (exact) mass is 448 g/mol. The number of ether oxygens (including phenoxy) is 1. The van der Waals surface area contributed by atoms with Crippen LogP contribution < -0.4 is 10.6 Å². The van der Waals surface area contributed by atoms with Crippen molar-refractivity contribution in [3.05, 3.63) is 71.3 Å². The van der Waals surface area contributed by atoms with Gasteiger partial charge in [-0.25, -0.2) is 4.79 Å². The Labute approximate surface area is 192 Å². The zero-order chi connectivity index (χ0) is 23.4. The molecule has 0 aliphatic heterocycles. The van der Waals surface area contributed by atoms with Gasteiger partial charge in [0.25, 0.3) is 0 Å². The highest BCUT2D eigenvalue weighted by Gasteiger charge is 2.34. The van der Waals surface area contributed by atoms with E-state index in [2.05, 4.69) is 34.9 Å². The van der Waals surface area contributed by atoms with Gasteiger partial charge in [-0.2, -0.15) is 0 Å². The second-order valence-electron chi connectivity index (χ2n) is 8.55. The molecule has 1 fully saturated rings. The lowest BCUT2D eigenvalue weighted by Crippen LogP contribution is -2.40. The lowest BCUT2D eigenvalue weighted by Gasteiger charge is -2.17. The van der Waals surface area contributed by atoms with E-state index in [4.69, 9.17) is 4.74 Å². The average Bonchev–Trinajstić information content (AvgIpc) is 3.40. The van der Waals surface area contributed by atoms with Crippen LogP contribution in [-0.4, -0.2) is 42.3 Å². The molecule has 2 unspecified atom stereocenters.